The number of rotatable bonds is 79. The normalized spacial score (nSPS) is 14.7. The third-order valence-corrected chi connectivity index (χ3v) is 19.3. The number of aliphatic hydroxyl groups excluding tert-OH is 2. The molecule has 0 aromatic heterocycles. The molecule has 0 aromatic rings. The Morgan fingerprint density at radius 3 is 0.771 bits per heavy atom. The number of carbonyl (C=O) groups is 3. The van der Waals surface area contributed by atoms with Crippen molar-refractivity contribution in [3.05, 3.63) is 170 Å². The summed E-state index contributed by atoms with van der Waals surface area (Å²) in [6, 6.07) is 0. The van der Waals surface area contributed by atoms with Gasteiger partial charge < -0.3 is 34.2 Å². The number of hydrogen-bond acceptors (Lipinski definition) is 14. The summed E-state index contributed by atoms with van der Waals surface area (Å²) in [6.07, 6.45) is 106. The van der Waals surface area contributed by atoms with E-state index in [-0.39, 0.29) is 19.3 Å². The second-order valence-corrected chi connectivity index (χ2v) is 30.8. The van der Waals surface area contributed by atoms with Crippen LogP contribution in [-0.2, 0) is 55.8 Å². The first-order valence-electron chi connectivity index (χ1n) is 42.4. The highest BCUT2D eigenvalue weighted by Gasteiger charge is 2.29. The van der Waals surface area contributed by atoms with Gasteiger partial charge in [0.15, 0.2) is 6.10 Å². The molecule has 0 amide bonds. The maximum absolute atomic E-state index is 13.0. The van der Waals surface area contributed by atoms with Gasteiger partial charge in [-0.05, 0) is 154 Å². The number of phosphoric acid groups is 2. The fourth-order valence-corrected chi connectivity index (χ4v) is 12.6. The van der Waals surface area contributed by atoms with Gasteiger partial charge in [-0.1, -0.05) is 326 Å². The first-order chi connectivity index (χ1) is 53.2. The molecule has 0 aliphatic heterocycles. The Labute approximate surface area is 662 Å². The molecule has 0 fully saturated rings. The monoisotopic (exact) mass is 1560 g/mol. The molecule has 4 N–H and O–H groups in total. The standard InChI is InChI=1S/C91H152O16P2/c1-4-7-10-13-16-19-22-25-28-31-33-35-36-37-38-39-40-41-42-43-44-45-46-47-48-50-52-54-56-59-62-65-68-71-74-77-89(94)101-80-86(92)81-103-108(97,98)104-82-87(93)83-105-109(99,100)106-85-88(107-91(96)79-76-73-70-67-64-61-58-53-30-27-24-21-18-15-12-9-6-3)84-102-90(95)78-75-72-69-66-63-60-57-55-51-49-34-32-29-26-23-20-17-14-11-8-5-2/h7,9-10,12,16-21,25-30,33-35,37-38,40-41,49,55,57-58,61,86-88,92-93H,4-6,8,11,13-15,22-24,31-32,36,39,42-48,50-54,56,59-60,62-85H2,1-3H3,(H,97,98)(H,99,100)/b10-7-,12-9-,19-16-,20-17-,21-18-,28-25-,29-26-,30-27-,35-33-,38-37-,41-40-,49-34-,57-55-,61-58-. The minimum atomic E-state index is -4.95. The number of ether oxygens (including phenoxy) is 3. The van der Waals surface area contributed by atoms with E-state index in [1.807, 2.05) is 0 Å². The molecule has 0 rings (SSSR count). The zero-order valence-electron chi connectivity index (χ0n) is 68.2. The molecule has 0 radical (unpaired) electrons. The first kappa shape index (κ1) is 104. The summed E-state index contributed by atoms with van der Waals surface area (Å²) in [6.45, 7) is 2.38. The Balaban J connectivity index is 4.50. The Morgan fingerprint density at radius 2 is 0.486 bits per heavy atom. The molecule has 622 valence electrons. The summed E-state index contributed by atoms with van der Waals surface area (Å²) in [5.41, 5.74) is 0. The van der Waals surface area contributed by atoms with Crippen LogP contribution in [0, 0.1) is 0 Å². The predicted octanol–water partition coefficient (Wildman–Crippen LogP) is 25.5. The van der Waals surface area contributed by atoms with E-state index >= 15 is 0 Å². The number of esters is 3. The largest absolute Gasteiger partial charge is 0.472 e. The van der Waals surface area contributed by atoms with E-state index in [0.29, 0.717) is 19.3 Å². The Morgan fingerprint density at radius 1 is 0.266 bits per heavy atom. The Bertz CT molecular complexity index is 2660. The van der Waals surface area contributed by atoms with Gasteiger partial charge in [0, 0.05) is 19.3 Å². The zero-order chi connectivity index (χ0) is 79.4. The van der Waals surface area contributed by atoms with Crippen LogP contribution in [0.4, 0.5) is 0 Å². The van der Waals surface area contributed by atoms with Crippen LogP contribution < -0.4 is 0 Å². The van der Waals surface area contributed by atoms with Crippen molar-refractivity contribution in [2.45, 2.75) is 347 Å². The summed E-state index contributed by atoms with van der Waals surface area (Å²) in [5, 5.41) is 20.7. The summed E-state index contributed by atoms with van der Waals surface area (Å²) >= 11 is 0. The van der Waals surface area contributed by atoms with Gasteiger partial charge >= 0.3 is 33.6 Å². The van der Waals surface area contributed by atoms with Crippen molar-refractivity contribution in [1.82, 2.24) is 0 Å². The molecule has 0 aromatic carbocycles. The van der Waals surface area contributed by atoms with Crippen LogP contribution in [-0.4, -0.2) is 95.9 Å². The number of hydrogen-bond donors (Lipinski definition) is 4. The van der Waals surface area contributed by atoms with Crippen molar-refractivity contribution < 1.29 is 75.8 Å². The molecule has 0 bridgehead atoms. The molecule has 0 spiro atoms. The molecule has 18 heteroatoms. The smallest absolute Gasteiger partial charge is 0.463 e. The number of aliphatic hydroxyl groups is 2. The lowest BCUT2D eigenvalue weighted by molar-refractivity contribution is -0.161. The highest BCUT2D eigenvalue weighted by Crippen LogP contribution is 2.45. The first-order valence-corrected chi connectivity index (χ1v) is 45.4. The number of unbranched alkanes of at least 4 members (excludes halogenated alkanes) is 28. The van der Waals surface area contributed by atoms with E-state index in [9.17, 15) is 43.5 Å². The van der Waals surface area contributed by atoms with Gasteiger partial charge in [0.25, 0.3) is 0 Å². The number of carbonyl (C=O) groups excluding carboxylic acids is 3. The van der Waals surface area contributed by atoms with Crippen LogP contribution in [0.15, 0.2) is 170 Å². The predicted molar refractivity (Wildman–Crippen MR) is 454 cm³/mol. The van der Waals surface area contributed by atoms with E-state index in [1.54, 1.807) is 0 Å². The van der Waals surface area contributed by atoms with E-state index in [4.69, 9.17) is 32.3 Å². The van der Waals surface area contributed by atoms with E-state index < -0.39 is 91.5 Å². The Hall–Kier alpha value is -5.09. The van der Waals surface area contributed by atoms with Gasteiger partial charge in [0.05, 0.1) is 26.4 Å². The molecule has 16 nitrogen and oxygen atoms in total. The van der Waals surface area contributed by atoms with Crippen LogP contribution in [0.3, 0.4) is 0 Å². The molecule has 0 saturated carbocycles. The van der Waals surface area contributed by atoms with Gasteiger partial charge in [0.2, 0.25) is 0 Å². The van der Waals surface area contributed by atoms with E-state index in [2.05, 4.69) is 191 Å². The Kier molecular flexibility index (Phi) is 78.5. The van der Waals surface area contributed by atoms with Gasteiger partial charge in [-0.3, -0.25) is 32.5 Å². The zero-order valence-corrected chi connectivity index (χ0v) is 70.0. The summed E-state index contributed by atoms with van der Waals surface area (Å²) < 4.78 is 61.2. The van der Waals surface area contributed by atoms with Crippen molar-refractivity contribution in [2.24, 2.45) is 0 Å². The lowest BCUT2D eigenvalue weighted by atomic mass is 10.0. The molecular formula is C91H152O16P2. The van der Waals surface area contributed by atoms with Crippen molar-refractivity contribution in [1.29, 1.82) is 0 Å². The fourth-order valence-electron chi connectivity index (χ4n) is 11.0. The average Bonchev–Trinajstić information content (AvgIpc) is 0.912. The molecule has 5 atom stereocenters. The third kappa shape index (κ3) is 83.7. The molecular weight excluding hydrogens is 1410 g/mol. The third-order valence-electron chi connectivity index (χ3n) is 17.4. The van der Waals surface area contributed by atoms with Crippen molar-refractivity contribution in [3.8, 4) is 0 Å². The maximum Gasteiger partial charge on any atom is 0.472 e. The fraction of sp³-hybridized carbons (Fsp3) is 0.659. The quantitative estimate of drug-likeness (QED) is 0.0146. The highest BCUT2D eigenvalue weighted by molar-refractivity contribution is 7.47. The van der Waals surface area contributed by atoms with Gasteiger partial charge in [-0.15, -0.1) is 0 Å². The van der Waals surface area contributed by atoms with Crippen molar-refractivity contribution in [2.75, 3.05) is 39.6 Å². The lowest BCUT2D eigenvalue weighted by Gasteiger charge is -2.21. The van der Waals surface area contributed by atoms with Crippen LogP contribution >= 0.6 is 15.6 Å². The van der Waals surface area contributed by atoms with Gasteiger partial charge in [0.1, 0.15) is 25.4 Å². The van der Waals surface area contributed by atoms with Gasteiger partial charge in [-0.2, -0.15) is 0 Å². The second kappa shape index (κ2) is 82.4. The molecule has 0 aliphatic carbocycles. The summed E-state index contributed by atoms with van der Waals surface area (Å²) in [5.74, 6) is -1.63. The average molecular weight is 1560 g/mol. The second-order valence-electron chi connectivity index (χ2n) is 27.9. The number of allylic oxidation sites excluding steroid dienone is 28. The molecule has 0 saturated heterocycles. The van der Waals surface area contributed by atoms with E-state index in [0.717, 1.165) is 161 Å². The molecule has 109 heavy (non-hydrogen) atoms. The van der Waals surface area contributed by atoms with Crippen LogP contribution in [0.25, 0.3) is 0 Å². The highest BCUT2D eigenvalue weighted by atomic mass is 31.2. The summed E-state index contributed by atoms with van der Waals surface area (Å²) in [7, 11) is -9.82. The minimum absolute atomic E-state index is 0.0675. The number of phosphoric ester groups is 2. The topological polar surface area (TPSA) is 231 Å². The maximum atomic E-state index is 13.0. The lowest BCUT2D eigenvalue weighted by Crippen LogP contribution is -2.30. The van der Waals surface area contributed by atoms with Crippen LogP contribution in [0.2, 0.25) is 0 Å². The SMILES string of the molecule is CC/C=C\C/C=C\C/C=C\C/C=C\C/C=C\C/C=C\CCCCCCCCCCCCCCCCCCC(=O)OCC(O)COP(=O)(O)OCC(O)COP(=O)(O)OCC(COC(=O)CCCCCCC/C=C\C/C=C\C/C=C\C/C=C\CCCCC)OC(=O)CCCCCC/C=C\C/C=C\C/C=C\C/C=C\CC. The van der Waals surface area contributed by atoms with Crippen LogP contribution in [0.5, 0.6) is 0 Å². The molecule has 0 aliphatic rings. The van der Waals surface area contributed by atoms with Crippen molar-refractivity contribution in [3.63, 3.8) is 0 Å². The van der Waals surface area contributed by atoms with Crippen LogP contribution in [0.1, 0.15) is 329 Å². The van der Waals surface area contributed by atoms with Crippen molar-refractivity contribution >= 4 is 33.6 Å². The van der Waals surface area contributed by atoms with Gasteiger partial charge in [-0.25, -0.2) is 9.13 Å². The van der Waals surface area contributed by atoms with E-state index in [1.165, 1.54) is 109 Å². The summed E-state index contributed by atoms with van der Waals surface area (Å²) in [4.78, 5) is 58.8. The molecule has 0 heterocycles. The minimum Gasteiger partial charge on any atom is -0.463 e. The molecule has 5 unspecified atom stereocenters.